The number of unbranched alkanes of at least 4 members (excludes halogenated alkanes) is 1. The molecule has 35 heavy (non-hydrogen) atoms. The van der Waals surface area contributed by atoms with Gasteiger partial charge in [-0.2, -0.15) is 0 Å². The van der Waals surface area contributed by atoms with E-state index in [0.29, 0.717) is 44.2 Å². The fourth-order valence-electron chi connectivity index (χ4n) is 5.52. The lowest BCUT2D eigenvalue weighted by atomic mass is 9.93. The molecule has 1 aromatic rings. The zero-order chi connectivity index (χ0) is 25.0. The molecule has 3 aliphatic rings. The van der Waals surface area contributed by atoms with E-state index in [9.17, 15) is 9.59 Å². The van der Waals surface area contributed by atoms with Crippen molar-refractivity contribution in [2.24, 2.45) is 0 Å². The molecule has 1 aliphatic heterocycles. The van der Waals surface area contributed by atoms with E-state index < -0.39 is 5.54 Å². The van der Waals surface area contributed by atoms with Crippen molar-refractivity contribution in [2.45, 2.75) is 76.9 Å². The fourth-order valence-corrected chi connectivity index (χ4v) is 5.52. The first-order chi connectivity index (χ1) is 16.9. The highest BCUT2D eigenvalue weighted by molar-refractivity contribution is 6.00. The molecule has 1 saturated carbocycles. The van der Waals surface area contributed by atoms with E-state index in [1.165, 1.54) is 0 Å². The van der Waals surface area contributed by atoms with Gasteiger partial charge in [-0.25, -0.2) is 0 Å². The van der Waals surface area contributed by atoms with Crippen molar-refractivity contribution in [2.75, 3.05) is 34.0 Å². The Labute approximate surface area is 207 Å². The summed E-state index contributed by atoms with van der Waals surface area (Å²) >= 11 is 0. The number of carbonyl (C=O) groups is 2. The van der Waals surface area contributed by atoms with Crippen LogP contribution < -0.4 is 15.9 Å². The van der Waals surface area contributed by atoms with E-state index in [4.69, 9.17) is 14.2 Å². The van der Waals surface area contributed by atoms with Crippen molar-refractivity contribution in [3.05, 3.63) is 34.5 Å². The number of rotatable bonds is 10. The molecule has 2 aliphatic carbocycles. The number of methoxy groups -OCH3 is 2. The van der Waals surface area contributed by atoms with E-state index in [1.54, 1.807) is 19.1 Å². The average molecular weight is 486 g/mol. The van der Waals surface area contributed by atoms with Crippen LogP contribution in [-0.4, -0.2) is 66.8 Å². The van der Waals surface area contributed by atoms with Gasteiger partial charge in [0.25, 0.3) is 5.91 Å². The third-order valence-corrected chi connectivity index (χ3v) is 7.50. The number of nitrogens with zero attached hydrogens (tertiary/aromatic N) is 2. The summed E-state index contributed by atoms with van der Waals surface area (Å²) in [6, 6.07) is 2.07. The molecule has 0 bridgehead atoms. The van der Waals surface area contributed by atoms with Gasteiger partial charge in [0.05, 0.1) is 26.1 Å². The number of nitrogens with one attached hydrogen (secondary N) is 1. The zero-order valence-corrected chi connectivity index (χ0v) is 21.5. The van der Waals surface area contributed by atoms with Crippen LogP contribution in [0.2, 0.25) is 0 Å². The Kier molecular flexibility index (Phi) is 7.89. The second kappa shape index (κ2) is 10.9. The summed E-state index contributed by atoms with van der Waals surface area (Å²) in [5.41, 5.74) is -0.460. The Morgan fingerprint density at radius 1 is 1.20 bits per heavy atom. The van der Waals surface area contributed by atoms with Crippen molar-refractivity contribution in [1.82, 2.24) is 14.8 Å². The lowest BCUT2D eigenvalue weighted by Crippen LogP contribution is -2.66. The maximum Gasteiger partial charge on any atom is 0.271 e. The average Bonchev–Trinajstić information content (AvgIpc) is 3.45. The molecule has 2 heterocycles. The molecule has 192 valence electrons. The Morgan fingerprint density at radius 3 is 2.66 bits per heavy atom. The highest BCUT2D eigenvalue weighted by atomic mass is 16.5. The molecule has 0 spiro atoms. The number of amides is 2. The minimum atomic E-state index is -1.02. The summed E-state index contributed by atoms with van der Waals surface area (Å²) < 4.78 is 18.8. The monoisotopic (exact) mass is 485 g/mol. The summed E-state index contributed by atoms with van der Waals surface area (Å²) in [5, 5.41) is 4.89. The molecule has 0 aromatic carbocycles. The van der Waals surface area contributed by atoms with Gasteiger partial charge in [0.15, 0.2) is 0 Å². The predicted octanol–water partition coefficient (Wildman–Crippen LogP) is 2.05. The van der Waals surface area contributed by atoms with Crippen LogP contribution in [0, 0.1) is 0 Å². The molecule has 2 amide bonds. The van der Waals surface area contributed by atoms with Crippen LogP contribution in [0.4, 0.5) is 0 Å². The smallest absolute Gasteiger partial charge is 0.271 e. The molecule has 8 heteroatoms. The van der Waals surface area contributed by atoms with Crippen molar-refractivity contribution in [3.8, 4) is 0 Å². The standard InChI is InChI=1S/C27H39N3O5/c1-5-35-16-9-8-15-30-25(31)21-17-20-22(33-3)13-10-14-23(34-4)24(20)29(21)18-27(30,2)26(32)28-19-11-6-7-12-19/h10,14,17,19H,5-9,11-13,15-16,18H2,1-4H3,(H,28,32). The first kappa shape index (κ1) is 25.4. The fraction of sp³-hybridized carbons (Fsp3) is 0.630. The molecule has 1 unspecified atom stereocenters. The van der Waals surface area contributed by atoms with Crippen LogP contribution in [-0.2, 0) is 25.5 Å². The van der Waals surface area contributed by atoms with Gasteiger partial charge in [-0.15, -0.1) is 0 Å². The molecule has 1 fully saturated rings. The third-order valence-electron chi connectivity index (χ3n) is 7.50. The minimum absolute atomic E-state index is 0.0882. The van der Waals surface area contributed by atoms with Gasteiger partial charge < -0.3 is 29.0 Å². The summed E-state index contributed by atoms with van der Waals surface area (Å²) in [6.45, 7) is 6.05. The Morgan fingerprint density at radius 2 is 1.97 bits per heavy atom. The van der Waals surface area contributed by atoms with Crippen molar-refractivity contribution in [3.63, 3.8) is 0 Å². The number of ether oxygens (including phenoxy) is 3. The maximum absolute atomic E-state index is 14.0. The Hall–Kier alpha value is -2.74. The largest absolute Gasteiger partial charge is 0.500 e. The third kappa shape index (κ3) is 4.85. The van der Waals surface area contributed by atoms with E-state index in [2.05, 4.69) is 5.32 Å². The van der Waals surface area contributed by atoms with Crippen LogP contribution >= 0.6 is 0 Å². The quantitative estimate of drug-likeness (QED) is 0.513. The number of hydrogen-bond donors (Lipinski definition) is 1. The van der Waals surface area contributed by atoms with Crippen molar-refractivity contribution >= 4 is 23.3 Å². The molecule has 1 aromatic heterocycles. The van der Waals surface area contributed by atoms with E-state index in [0.717, 1.165) is 54.9 Å². The topological polar surface area (TPSA) is 82.0 Å². The Bertz CT molecular complexity index is 1100. The van der Waals surface area contributed by atoms with Gasteiger partial charge in [0.2, 0.25) is 5.91 Å². The molecule has 8 nitrogen and oxygen atoms in total. The van der Waals surface area contributed by atoms with Crippen molar-refractivity contribution in [1.29, 1.82) is 0 Å². The highest BCUT2D eigenvalue weighted by Gasteiger charge is 2.48. The normalized spacial score (nSPS) is 22.2. The van der Waals surface area contributed by atoms with Gasteiger partial charge >= 0.3 is 0 Å². The van der Waals surface area contributed by atoms with E-state index in [-0.39, 0.29) is 17.9 Å². The molecular formula is C27H39N3O5. The van der Waals surface area contributed by atoms with Crippen LogP contribution in [0.5, 0.6) is 0 Å². The molecule has 1 N–H and O–H groups in total. The van der Waals surface area contributed by atoms with Gasteiger partial charge in [0.1, 0.15) is 22.8 Å². The SMILES string of the molecule is CCOCCCCN1C(=O)c2cc3c(n2CC1(C)C(=O)NC1CCCC1)=C(OC)C=CCC=3OC. The van der Waals surface area contributed by atoms with Gasteiger partial charge in [-0.1, -0.05) is 18.9 Å². The highest BCUT2D eigenvalue weighted by Crippen LogP contribution is 2.28. The van der Waals surface area contributed by atoms with Crippen LogP contribution in [0.3, 0.4) is 0 Å². The lowest BCUT2D eigenvalue weighted by Gasteiger charge is -2.44. The minimum Gasteiger partial charge on any atom is -0.500 e. The number of hydrogen-bond acceptors (Lipinski definition) is 5. The zero-order valence-electron chi connectivity index (χ0n) is 21.5. The Balaban J connectivity index is 1.77. The van der Waals surface area contributed by atoms with Gasteiger partial charge in [0, 0.05) is 37.4 Å². The van der Waals surface area contributed by atoms with Gasteiger partial charge in [-0.05, 0) is 51.7 Å². The van der Waals surface area contributed by atoms with E-state index in [1.807, 2.05) is 36.6 Å². The molecule has 0 saturated heterocycles. The lowest BCUT2D eigenvalue weighted by molar-refractivity contribution is -0.133. The first-order valence-electron chi connectivity index (χ1n) is 12.9. The van der Waals surface area contributed by atoms with E-state index >= 15 is 0 Å². The van der Waals surface area contributed by atoms with Gasteiger partial charge in [-0.3, -0.25) is 9.59 Å². The first-order valence-corrected chi connectivity index (χ1v) is 12.9. The number of aromatic nitrogens is 1. The second-order valence-electron chi connectivity index (χ2n) is 9.77. The summed E-state index contributed by atoms with van der Waals surface area (Å²) in [4.78, 5) is 29.5. The summed E-state index contributed by atoms with van der Waals surface area (Å²) in [6.07, 6.45) is 10.4. The molecule has 1 atom stereocenters. The molecule has 4 rings (SSSR count). The number of carbonyl (C=O) groups excluding carboxylic acids is 2. The second-order valence-corrected chi connectivity index (χ2v) is 9.77. The summed E-state index contributed by atoms with van der Waals surface area (Å²) in [7, 11) is 3.27. The molecular weight excluding hydrogens is 446 g/mol. The summed E-state index contributed by atoms with van der Waals surface area (Å²) in [5.74, 6) is 1.21. The predicted molar refractivity (Wildman–Crippen MR) is 134 cm³/mol. The van der Waals surface area contributed by atoms with Crippen LogP contribution in [0.1, 0.15) is 69.3 Å². The molecule has 0 radical (unpaired) electrons. The van der Waals surface area contributed by atoms with Crippen LogP contribution in [0.25, 0.3) is 11.5 Å². The van der Waals surface area contributed by atoms with Crippen molar-refractivity contribution < 1.29 is 23.8 Å². The van der Waals surface area contributed by atoms with Crippen LogP contribution in [0.15, 0.2) is 18.2 Å². The number of fused-ring (bicyclic) bond motifs is 3. The maximum atomic E-state index is 14.0.